The predicted octanol–water partition coefficient (Wildman–Crippen LogP) is 2.11. The summed E-state index contributed by atoms with van der Waals surface area (Å²) < 4.78 is 0. The van der Waals surface area contributed by atoms with Crippen molar-refractivity contribution in [3.05, 3.63) is 45.9 Å². The second-order valence-corrected chi connectivity index (χ2v) is 4.72. The van der Waals surface area contributed by atoms with Crippen LogP contribution >= 0.6 is 11.3 Å². The normalized spacial score (nSPS) is 10.1. The fourth-order valence-electron chi connectivity index (χ4n) is 1.78. The summed E-state index contributed by atoms with van der Waals surface area (Å²) in [6.07, 6.45) is 0. The zero-order chi connectivity index (χ0) is 13.0. The van der Waals surface area contributed by atoms with Gasteiger partial charge in [0.15, 0.2) is 0 Å². The largest absolute Gasteiger partial charge is 0.368 e. The summed E-state index contributed by atoms with van der Waals surface area (Å²) in [5, 5.41) is 11.2. The van der Waals surface area contributed by atoms with Crippen molar-refractivity contribution in [3.8, 4) is 6.07 Å². The summed E-state index contributed by atoms with van der Waals surface area (Å²) in [6, 6.07) is 7.95. The molecule has 1 aromatic heterocycles. The SMILES string of the molecule is CN(Cc1cscn1)c1ccc(CN)cc1C#N. The second-order valence-electron chi connectivity index (χ2n) is 4.00. The number of benzene rings is 1. The summed E-state index contributed by atoms with van der Waals surface area (Å²) in [4.78, 5) is 6.27. The molecule has 0 unspecified atom stereocenters. The van der Waals surface area contributed by atoms with Crippen molar-refractivity contribution in [3.63, 3.8) is 0 Å². The van der Waals surface area contributed by atoms with Gasteiger partial charge in [-0.05, 0) is 17.7 Å². The molecule has 0 aliphatic heterocycles. The number of aromatic nitrogens is 1. The van der Waals surface area contributed by atoms with Gasteiger partial charge in [0.1, 0.15) is 6.07 Å². The lowest BCUT2D eigenvalue weighted by molar-refractivity contribution is 0.891. The van der Waals surface area contributed by atoms with Crippen LogP contribution in [-0.2, 0) is 13.1 Å². The first kappa shape index (κ1) is 12.6. The van der Waals surface area contributed by atoms with Gasteiger partial charge < -0.3 is 10.6 Å². The summed E-state index contributed by atoms with van der Waals surface area (Å²) >= 11 is 1.57. The predicted molar refractivity (Wildman–Crippen MR) is 73.3 cm³/mol. The third-order valence-corrected chi connectivity index (χ3v) is 3.35. The molecule has 1 aromatic carbocycles. The van der Waals surface area contributed by atoms with Gasteiger partial charge in [-0.15, -0.1) is 11.3 Å². The van der Waals surface area contributed by atoms with E-state index < -0.39 is 0 Å². The first-order valence-electron chi connectivity index (χ1n) is 5.56. The van der Waals surface area contributed by atoms with Gasteiger partial charge in [0.25, 0.3) is 0 Å². The van der Waals surface area contributed by atoms with Crippen LogP contribution < -0.4 is 10.6 Å². The lowest BCUT2D eigenvalue weighted by Crippen LogP contribution is -2.18. The molecule has 0 bridgehead atoms. The van der Waals surface area contributed by atoms with Crippen LogP contribution in [0.15, 0.2) is 29.1 Å². The Bertz CT molecular complexity index is 557. The quantitative estimate of drug-likeness (QED) is 0.912. The Kier molecular flexibility index (Phi) is 3.92. The van der Waals surface area contributed by atoms with Gasteiger partial charge >= 0.3 is 0 Å². The number of rotatable bonds is 4. The van der Waals surface area contributed by atoms with Crippen LogP contribution in [0.2, 0.25) is 0 Å². The highest BCUT2D eigenvalue weighted by molar-refractivity contribution is 7.07. The molecule has 2 aromatic rings. The Hall–Kier alpha value is -1.90. The number of nitriles is 1. The van der Waals surface area contributed by atoms with Crippen molar-refractivity contribution in [2.45, 2.75) is 13.1 Å². The summed E-state index contributed by atoms with van der Waals surface area (Å²) in [5.74, 6) is 0. The summed E-state index contributed by atoms with van der Waals surface area (Å²) in [7, 11) is 1.96. The van der Waals surface area contributed by atoms with Gasteiger partial charge in [0.05, 0.1) is 29.0 Å². The molecule has 1 heterocycles. The number of hydrogen-bond donors (Lipinski definition) is 1. The fraction of sp³-hybridized carbons (Fsp3) is 0.231. The van der Waals surface area contributed by atoms with Crippen molar-refractivity contribution < 1.29 is 0 Å². The smallest absolute Gasteiger partial charge is 0.101 e. The summed E-state index contributed by atoms with van der Waals surface area (Å²) in [5.41, 5.74) is 10.9. The van der Waals surface area contributed by atoms with Crippen LogP contribution in [0.1, 0.15) is 16.8 Å². The van der Waals surface area contributed by atoms with E-state index >= 15 is 0 Å². The highest BCUT2D eigenvalue weighted by Gasteiger charge is 2.09. The number of thiazole rings is 1. The molecule has 0 aliphatic rings. The monoisotopic (exact) mass is 258 g/mol. The van der Waals surface area contributed by atoms with E-state index in [-0.39, 0.29) is 0 Å². The third-order valence-electron chi connectivity index (χ3n) is 2.71. The highest BCUT2D eigenvalue weighted by Crippen LogP contribution is 2.22. The van der Waals surface area contributed by atoms with Gasteiger partial charge in [0.2, 0.25) is 0 Å². The molecule has 4 nitrogen and oxygen atoms in total. The molecule has 18 heavy (non-hydrogen) atoms. The van der Waals surface area contributed by atoms with E-state index in [1.54, 1.807) is 11.3 Å². The molecule has 0 aliphatic carbocycles. The van der Waals surface area contributed by atoms with E-state index in [1.165, 1.54) is 0 Å². The Morgan fingerprint density at radius 2 is 2.33 bits per heavy atom. The molecular weight excluding hydrogens is 244 g/mol. The van der Waals surface area contributed by atoms with E-state index in [0.717, 1.165) is 16.9 Å². The first-order chi connectivity index (χ1) is 8.74. The van der Waals surface area contributed by atoms with Gasteiger partial charge in [-0.1, -0.05) is 6.07 Å². The minimum absolute atomic E-state index is 0.449. The lowest BCUT2D eigenvalue weighted by Gasteiger charge is -2.19. The van der Waals surface area contributed by atoms with Crippen LogP contribution in [0.3, 0.4) is 0 Å². The Morgan fingerprint density at radius 1 is 1.50 bits per heavy atom. The highest BCUT2D eigenvalue weighted by atomic mass is 32.1. The first-order valence-corrected chi connectivity index (χ1v) is 6.50. The molecule has 0 fully saturated rings. The third kappa shape index (κ3) is 2.67. The average molecular weight is 258 g/mol. The Labute approximate surface area is 110 Å². The maximum Gasteiger partial charge on any atom is 0.101 e. The Morgan fingerprint density at radius 3 is 2.94 bits per heavy atom. The Balaban J connectivity index is 2.24. The molecule has 5 heteroatoms. The molecule has 0 atom stereocenters. The molecule has 0 spiro atoms. The summed E-state index contributed by atoms with van der Waals surface area (Å²) in [6.45, 7) is 1.14. The number of hydrogen-bond acceptors (Lipinski definition) is 5. The van der Waals surface area contributed by atoms with E-state index in [9.17, 15) is 5.26 Å². The van der Waals surface area contributed by atoms with E-state index in [1.807, 2.05) is 41.0 Å². The number of nitrogens with two attached hydrogens (primary N) is 1. The minimum atomic E-state index is 0.449. The molecule has 0 saturated carbocycles. The standard InChI is InChI=1S/C13H14N4S/c1-17(7-12-8-18-9-16-12)13-3-2-10(5-14)4-11(13)6-15/h2-4,8-9H,5,7,14H2,1H3. The molecular formula is C13H14N4S. The number of anilines is 1. The van der Waals surface area contributed by atoms with Gasteiger partial charge in [-0.25, -0.2) is 4.98 Å². The van der Waals surface area contributed by atoms with E-state index in [0.29, 0.717) is 18.7 Å². The molecule has 2 N–H and O–H groups in total. The van der Waals surface area contributed by atoms with Crippen molar-refractivity contribution in [2.75, 3.05) is 11.9 Å². The van der Waals surface area contributed by atoms with Crippen molar-refractivity contribution in [2.24, 2.45) is 5.73 Å². The van der Waals surface area contributed by atoms with Crippen LogP contribution in [0.25, 0.3) is 0 Å². The maximum atomic E-state index is 9.18. The lowest BCUT2D eigenvalue weighted by atomic mass is 10.1. The van der Waals surface area contributed by atoms with Crippen LogP contribution in [-0.4, -0.2) is 12.0 Å². The van der Waals surface area contributed by atoms with Gasteiger partial charge in [-0.3, -0.25) is 0 Å². The topological polar surface area (TPSA) is 65.9 Å². The minimum Gasteiger partial charge on any atom is -0.368 e. The zero-order valence-electron chi connectivity index (χ0n) is 10.1. The molecule has 92 valence electrons. The number of nitrogens with zero attached hydrogens (tertiary/aromatic N) is 3. The van der Waals surface area contributed by atoms with Crippen molar-refractivity contribution in [1.82, 2.24) is 4.98 Å². The molecule has 0 saturated heterocycles. The van der Waals surface area contributed by atoms with Gasteiger partial charge in [-0.2, -0.15) is 5.26 Å². The second kappa shape index (κ2) is 5.63. The van der Waals surface area contributed by atoms with Crippen LogP contribution in [0.5, 0.6) is 0 Å². The van der Waals surface area contributed by atoms with Crippen molar-refractivity contribution in [1.29, 1.82) is 5.26 Å². The van der Waals surface area contributed by atoms with Crippen LogP contribution in [0.4, 0.5) is 5.69 Å². The van der Waals surface area contributed by atoms with Crippen LogP contribution in [0, 0.1) is 11.3 Å². The van der Waals surface area contributed by atoms with E-state index in [2.05, 4.69) is 11.1 Å². The maximum absolute atomic E-state index is 9.18. The fourth-order valence-corrected chi connectivity index (χ4v) is 2.33. The van der Waals surface area contributed by atoms with E-state index in [4.69, 9.17) is 5.73 Å². The average Bonchev–Trinajstić information content (AvgIpc) is 2.90. The van der Waals surface area contributed by atoms with Crippen molar-refractivity contribution >= 4 is 17.0 Å². The molecule has 0 radical (unpaired) electrons. The molecule has 0 amide bonds. The van der Waals surface area contributed by atoms with Gasteiger partial charge in [0, 0.05) is 19.0 Å². The molecule has 2 rings (SSSR count). The zero-order valence-corrected chi connectivity index (χ0v) is 10.9.